The van der Waals surface area contributed by atoms with Gasteiger partial charge in [-0.2, -0.15) is 0 Å². The number of nitrogens with zero attached hydrogens (tertiary/aromatic N) is 2. The van der Waals surface area contributed by atoms with Crippen LogP contribution in [-0.2, 0) is 4.79 Å². The maximum atomic E-state index is 13.9. The van der Waals surface area contributed by atoms with Crippen molar-refractivity contribution in [2.45, 2.75) is 31.3 Å². The van der Waals surface area contributed by atoms with Gasteiger partial charge in [0.05, 0.1) is 105 Å². The van der Waals surface area contributed by atoms with Crippen LogP contribution in [0.4, 0.5) is 11.4 Å². The highest BCUT2D eigenvalue weighted by Gasteiger charge is 2.34. The molecule has 59 heavy (non-hydrogen) atoms. The van der Waals surface area contributed by atoms with E-state index in [1.54, 1.807) is 90.4 Å². The molecule has 0 saturated heterocycles. The van der Waals surface area contributed by atoms with Crippen molar-refractivity contribution in [2.24, 2.45) is 0 Å². The number of halogens is 6. The average Bonchev–Trinajstić information content (AvgIpc) is 3.18. The monoisotopic (exact) mass is 1510 g/mol. The largest absolute Gasteiger partial charge is 0.395 e. The summed E-state index contributed by atoms with van der Waals surface area (Å²) in [4.78, 5) is 70.3. The molecule has 5 amide bonds. The second-order valence-corrected chi connectivity index (χ2v) is 18.8. The normalized spacial score (nSPS) is 13.2. The first-order valence-electron chi connectivity index (χ1n) is 17.1. The summed E-state index contributed by atoms with van der Waals surface area (Å²) in [7, 11) is 0. The Balaban J connectivity index is 2.62. The van der Waals surface area contributed by atoms with Crippen LogP contribution in [0.2, 0.25) is 0 Å². The average molecular weight is 1510 g/mol. The standard InChI is InChI=1S/C33H42I6N6O14/c1-13(51)45(29-26(38)19(31(57)41-5-15(53)9-47)22(34)20(27(29)39)32(58)42-6-16(54)10-48)8-14(52)4-40-30(56)18-23(35)21(25(37)28(24(18)36)43-12-50)33(59)44(2-3-46)7-17(55)11-49/h14-17,43,46-50,52-55H,2-12H2,1H3,(H,40,56)(H,41,57)(H,42,58). The number of aliphatic hydroxyl groups is 9. The first-order chi connectivity index (χ1) is 27.7. The fourth-order valence-electron chi connectivity index (χ4n) is 5.12. The predicted molar refractivity (Wildman–Crippen MR) is 263 cm³/mol. The van der Waals surface area contributed by atoms with Gasteiger partial charge in [0.15, 0.2) is 0 Å². The van der Waals surface area contributed by atoms with E-state index in [0.29, 0.717) is 7.14 Å². The number of aliphatic hydroxyl groups excluding tert-OH is 9. The number of carbonyl (C=O) groups is 5. The molecule has 0 aliphatic rings. The molecule has 0 radical (unpaired) electrons. The Kier molecular flexibility index (Phi) is 24.5. The number of amides is 5. The van der Waals surface area contributed by atoms with Gasteiger partial charge < -0.3 is 77.0 Å². The van der Waals surface area contributed by atoms with Gasteiger partial charge in [-0.1, -0.05) is 0 Å². The molecule has 0 heterocycles. The van der Waals surface area contributed by atoms with Crippen molar-refractivity contribution in [2.75, 3.05) is 82.6 Å². The molecular formula is C33H42I6N6O14. The van der Waals surface area contributed by atoms with Crippen LogP contribution in [0.25, 0.3) is 0 Å². The Labute approximate surface area is 419 Å². The third kappa shape index (κ3) is 14.6. The van der Waals surface area contributed by atoms with E-state index in [2.05, 4.69) is 21.3 Å². The fourth-order valence-corrected chi connectivity index (χ4v) is 14.3. The molecule has 0 bridgehead atoms. The molecule has 4 atom stereocenters. The van der Waals surface area contributed by atoms with Crippen molar-refractivity contribution >= 4 is 176 Å². The fraction of sp³-hybridized carbons (Fsp3) is 0.485. The molecule has 0 aliphatic carbocycles. The smallest absolute Gasteiger partial charge is 0.256 e. The molecule has 0 aliphatic heterocycles. The molecule has 0 fully saturated rings. The first-order valence-corrected chi connectivity index (χ1v) is 23.5. The van der Waals surface area contributed by atoms with Crippen LogP contribution in [0.3, 0.4) is 0 Å². The highest BCUT2D eigenvalue weighted by molar-refractivity contribution is 14.1. The van der Waals surface area contributed by atoms with E-state index in [1.807, 2.05) is 45.2 Å². The van der Waals surface area contributed by atoms with Crippen LogP contribution in [0.15, 0.2) is 0 Å². The van der Waals surface area contributed by atoms with Gasteiger partial charge in [0, 0.05) is 46.8 Å². The Hall–Kier alpha value is -0.390. The second kappa shape index (κ2) is 26.4. The predicted octanol–water partition coefficient (Wildman–Crippen LogP) is -1.23. The van der Waals surface area contributed by atoms with E-state index < -0.39 is 100 Å². The molecule has 330 valence electrons. The van der Waals surface area contributed by atoms with Crippen LogP contribution < -0.4 is 26.2 Å². The summed E-state index contributed by atoms with van der Waals surface area (Å²) in [6.07, 6.45) is -5.42. The number of rotatable bonds is 22. The maximum absolute atomic E-state index is 13.9. The maximum Gasteiger partial charge on any atom is 0.256 e. The zero-order valence-electron chi connectivity index (χ0n) is 30.8. The molecule has 26 heteroatoms. The number of benzene rings is 2. The topological polar surface area (TPSA) is 322 Å². The molecule has 4 unspecified atom stereocenters. The molecule has 2 rings (SSSR count). The molecule has 2 aromatic rings. The second-order valence-electron chi connectivity index (χ2n) is 12.3. The van der Waals surface area contributed by atoms with Gasteiger partial charge in [0.2, 0.25) is 5.91 Å². The summed E-state index contributed by atoms with van der Waals surface area (Å²) >= 11 is 10.9. The highest BCUT2D eigenvalue weighted by atomic mass is 127. The van der Waals surface area contributed by atoms with Crippen molar-refractivity contribution in [1.29, 1.82) is 0 Å². The minimum atomic E-state index is -1.49. The van der Waals surface area contributed by atoms with Gasteiger partial charge in [-0.05, 0) is 136 Å². The summed E-state index contributed by atoms with van der Waals surface area (Å²) in [5.41, 5.74) is 0.0494. The zero-order chi connectivity index (χ0) is 44.9. The van der Waals surface area contributed by atoms with E-state index in [9.17, 15) is 69.9 Å². The summed E-state index contributed by atoms with van der Waals surface area (Å²) in [6.45, 7) is -4.07. The Morgan fingerprint density at radius 3 is 1.37 bits per heavy atom. The van der Waals surface area contributed by atoms with Crippen molar-refractivity contribution in [3.63, 3.8) is 0 Å². The molecule has 0 spiro atoms. The Morgan fingerprint density at radius 1 is 0.559 bits per heavy atom. The van der Waals surface area contributed by atoms with Gasteiger partial charge in [-0.15, -0.1) is 0 Å². The summed E-state index contributed by atoms with van der Waals surface area (Å²) in [6, 6.07) is 0. The lowest BCUT2D eigenvalue weighted by Crippen LogP contribution is -2.44. The van der Waals surface area contributed by atoms with Crippen LogP contribution in [0.1, 0.15) is 48.4 Å². The number of hydrogen-bond acceptors (Lipinski definition) is 15. The van der Waals surface area contributed by atoms with Gasteiger partial charge in [-0.25, -0.2) is 0 Å². The number of hydrogen-bond donors (Lipinski definition) is 13. The van der Waals surface area contributed by atoms with E-state index in [0.717, 1.165) is 9.80 Å². The Morgan fingerprint density at radius 2 is 0.966 bits per heavy atom. The summed E-state index contributed by atoms with van der Waals surface area (Å²) < 4.78 is 1.21. The van der Waals surface area contributed by atoms with Gasteiger partial charge >= 0.3 is 0 Å². The zero-order valence-corrected chi connectivity index (χ0v) is 43.8. The van der Waals surface area contributed by atoms with E-state index in [-0.39, 0.29) is 74.1 Å². The van der Waals surface area contributed by atoms with Crippen LogP contribution in [0, 0.1) is 21.4 Å². The highest BCUT2D eigenvalue weighted by Crippen LogP contribution is 2.39. The quantitative estimate of drug-likeness (QED) is 0.0486. The Bertz CT molecular complexity index is 1810. The van der Waals surface area contributed by atoms with Crippen molar-refractivity contribution < 1.29 is 69.9 Å². The van der Waals surface area contributed by atoms with Gasteiger partial charge in [0.25, 0.3) is 23.6 Å². The van der Waals surface area contributed by atoms with E-state index in [1.165, 1.54) is 6.92 Å². The van der Waals surface area contributed by atoms with Crippen LogP contribution >= 0.6 is 136 Å². The lowest BCUT2D eigenvalue weighted by molar-refractivity contribution is -0.116. The van der Waals surface area contributed by atoms with E-state index in [4.69, 9.17) is 0 Å². The van der Waals surface area contributed by atoms with Gasteiger partial charge in [-0.3, -0.25) is 24.0 Å². The minimum Gasteiger partial charge on any atom is -0.395 e. The molecule has 20 nitrogen and oxygen atoms in total. The van der Waals surface area contributed by atoms with Crippen molar-refractivity contribution in [1.82, 2.24) is 20.9 Å². The lowest BCUT2D eigenvalue weighted by Gasteiger charge is -2.29. The van der Waals surface area contributed by atoms with Gasteiger partial charge in [0.1, 0.15) is 6.73 Å². The van der Waals surface area contributed by atoms with E-state index >= 15 is 0 Å². The molecule has 0 saturated carbocycles. The summed E-state index contributed by atoms with van der Waals surface area (Å²) in [5, 5.41) is 98.6. The number of nitrogens with one attached hydrogen (secondary N) is 4. The van der Waals surface area contributed by atoms with Crippen LogP contribution in [-0.4, -0.2) is 177 Å². The third-order valence-electron chi connectivity index (χ3n) is 8.02. The number of anilines is 2. The molecule has 13 N–H and O–H groups in total. The van der Waals surface area contributed by atoms with Crippen LogP contribution in [0.5, 0.6) is 0 Å². The number of carbonyl (C=O) groups excluding carboxylic acids is 5. The lowest BCUT2D eigenvalue weighted by atomic mass is 10.1. The third-order valence-corrected chi connectivity index (χ3v) is 14.4. The van der Waals surface area contributed by atoms with Crippen molar-refractivity contribution in [3.05, 3.63) is 43.7 Å². The van der Waals surface area contributed by atoms with Crippen molar-refractivity contribution in [3.8, 4) is 0 Å². The molecule has 0 aromatic heterocycles. The SMILES string of the molecule is CC(=O)N(CC(O)CNC(=O)c1c(I)c(NCO)c(I)c(C(=O)N(CCO)CC(O)CO)c1I)c1c(I)c(C(=O)NCC(O)CO)c(I)c(C(=O)NCC(O)CO)c1I. The molecule has 2 aromatic carbocycles. The summed E-state index contributed by atoms with van der Waals surface area (Å²) in [5.74, 6) is -3.65. The first kappa shape index (κ1) is 54.7. The molecular weight excluding hydrogens is 1470 g/mol. The minimum absolute atomic E-state index is 0.00566.